The van der Waals surface area contributed by atoms with Crippen LogP contribution in [-0.4, -0.2) is 51.5 Å². The Bertz CT molecular complexity index is 1590. The van der Waals surface area contributed by atoms with Crippen molar-refractivity contribution in [3.8, 4) is 22.8 Å². The van der Waals surface area contributed by atoms with E-state index in [0.717, 1.165) is 30.0 Å². The van der Waals surface area contributed by atoms with Gasteiger partial charge >= 0.3 is 12.4 Å². The quantitative estimate of drug-likeness (QED) is 0.184. The molecular formula is C32H34F4N6O2S. The summed E-state index contributed by atoms with van der Waals surface area (Å²) in [5.74, 6) is 1.26. The number of aryl methyl sites for hydroxylation is 1. The van der Waals surface area contributed by atoms with E-state index in [1.807, 2.05) is 0 Å². The molecule has 45 heavy (non-hydrogen) atoms. The van der Waals surface area contributed by atoms with Crippen molar-refractivity contribution in [3.05, 3.63) is 89.7 Å². The van der Waals surface area contributed by atoms with E-state index in [0.29, 0.717) is 28.6 Å². The fourth-order valence-electron chi connectivity index (χ4n) is 5.02. The predicted octanol–water partition coefficient (Wildman–Crippen LogP) is 7.50. The molecule has 238 valence electrons. The second-order valence-corrected chi connectivity index (χ2v) is 12.2. The highest BCUT2D eigenvalue weighted by Crippen LogP contribution is 2.34. The van der Waals surface area contributed by atoms with Gasteiger partial charge in [0.1, 0.15) is 18.2 Å². The second-order valence-electron chi connectivity index (χ2n) is 11.0. The van der Waals surface area contributed by atoms with Crippen LogP contribution in [-0.2, 0) is 0 Å². The minimum absolute atomic E-state index is 0.203. The van der Waals surface area contributed by atoms with E-state index in [9.17, 15) is 18.0 Å². The van der Waals surface area contributed by atoms with Crippen molar-refractivity contribution in [3.63, 3.8) is 0 Å². The SMILES string of the molecule is Cc1ccc(C(C)C)c(N2CCCSC2NC(=O)NCC(F)c2ccc(-c3ncn(-c4ccc(OC(F)(F)F)cc4)n3)cc2)c1. The van der Waals surface area contributed by atoms with Crippen molar-refractivity contribution in [1.82, 2.24) is 25.4 Å². The molecule has 2 amide bonds. The number of amides is 2. The lowest BCUT2D eigenvalue weighted by Gasteiger charge is -2.39. The zero-order valence-corrected chi connectivity index (χ0v) is 25.8. The molecular weight excluding hydrogens is 608 g/mol. The zero-order chi connectivity index (χ0) is 32.1. The van der Waals surface area contributed by atoms with Crippen LogP contribution < -0.4 is 20.3 Å². The average molecular weight is 643 g/mol. The van der Waals surface area contributed by atoms with E-state index in [2.05, 4.69) is 69.3 Å². The van der Waals surface area contributed by atoms with Crippen molar-refractivity contribution in [1.29, 1.82) is 0 Å². The highest BCUT2D eigenvalue weighted by molar-refractivity contribution is 8.00. The Kier molecular flexibility index (Phi) is 9.86. The average Bonchev–Trinajstić information content (AvgIpc) is 3.50. The maximum absolute atomic E-state index is 15.1. The summed E-state index contributed by atoms with van der Waals surface area (Å²) >= 11 is 1.65. The Balaban J connectivity index is 1.16. The van der Waals surface area contributed by atoms with E-state index < -0.39 is 18.6 Å². The molecule has 4 aromatic rings. The van der Waals surface area contributed by atoms with Crippen LogP contribution in [0.5, 0.6) is 5.75 Å². The topological polar surface area (TPSA) is 84.3 Å². The predicted molar refractivity (Wildman–Crippen MR) is 167 cm³/mol. The van der Waals surface area contributed by atoms with Crippen LogP contribution in [0.2, 0.25) is 0 Å². The summed E-state index contributed by atoms with van der Waals surface area (Å²) in [4.78, 5) is 19.3. The van der Waals surface area contributed by atoms with E-state index >= 15 is 4.39 Å². The normalized spacial score (nSPS) is 16.0. The number of hydrogen-bond donors (Lipinski definition) is 2. The number of anilines is 1. The molecule has 2 atom stereocenters. The van der Waals surface area contributed by atoms with Crippen LogP contribution in [0.3, 0.4) is 0 Å². The molecule has 2 N–H and O–H groups in total. The van der Waals surface area contributed by atoms with Gasteiger partial charge in [-0.25, -0.2) is 18.9 Å². The van der Waals surface area contributed by atoms with Crippen molar-refractivity contribution >= 4 is 23.5 Å². The minimum Gasteiger partial charge on any atom is -0.406 e. The van der Waals surface area contributed by atoms with Gasteiger partial charge in [0.25, 0.3) is 0 Å². The lowest BCUT2D eigenvalue weighted by atomic mass is 9.98. The van der Waals surface area contributed by atoms with E-state index in [1.165, 1.54) is 40.8 Å². The molecule has 8 nitrogen and oxygen atoms in total. The summed E-state index contributed by atoms with van der Waals surface area (Å²) in [7, 11) is 0. The Morgan fingerprint density at radius 1 is 1.09 bits per heavy atom. The molecule has 0 bridgehead atoms. The van der Waals surface area contributed by atoms with Crippen LogP contribution >= 0.6 is 11.8 Å². The molecule has 0 spiro atoms. The maximum Gasteiger partial charge on any atom is 0.573 e. The van der Waals surface area contributed by atoms with E-state index in [-0.39, 0.29) is 17.8 Å². The number of rotatable bonds is 9. The van der Waals surface area contributed by atoms with Crippen molar-refractivity contribution in [2.75, 3.05) is 23.7 Å². The van der Waals surface area contributed by atoms with Gasteiger partial charge in [0.05, 0.1) is 12.2 Å². The molecule has 1 aliphatic heterocycles. The summed E-state index contributed by atoms with van der Waals surface area (Å²) in [6, 6.07) is 17.7. The number of nitrogens with zero attached hydrogens (tertiary/aromatic N) is 4. The highest BCUT2D eigenvalue weighted by atomic mass is 32.2. The van der Waals surface area contributed by atoms with Gasteiger partial charge in [-0.2, -0.15) is 0 Å². The molecule has 0 aliphatic carbocycles. The monoisotopic (exact) mass is 642 g/mol. The molecule has 1 fully saturated rings. The number of carbonyl (C=O) groups excluding carboxylic acids is 1. The Hall–Kier alpha value is -4.26. The highest BCUT2D eigenvalue weighted by Gasteiger charge is 2.31. The van der Waals surface area contributed by atoms with Gasteiger partial charge in [-0.3, -0.25) is 0 Å². The first-order valence-electron chi connectivity index (χ1n) is 14.5. The largest absolute Gasteiger partial charge is 0.573 e. The number of thioether (sulfide) groups is 1. The lowest BCUT2D eigenvalue weighted by molar-refractivity contribution is -0.274. The van der Waals surface area contributed by atoms with Gasteiger partial charge in [0, 0.05) is 17.8 Å². The number of hydrogen-bond acceptors (Lipinski definition) is 6. The molecule has 1 saturated heterocycles. The van der Waals surface area contributed by atoms with Gasteiger partial charge in [-0.1, -0.05) is 50.2 Å². The summed E-state index contributed by atoms with van der Waals surface area (Å²) < 4.78 is 57.7. The van der Waals surface area contributed by atoms with E-state index in [1.54, 1.807) is 36.0 Å². The number of halogens is 4. The van der Waals surface area contributed by atoms with E-state index in [4.69, 9.17) is 0 Å². The first kappa shape index (κ1) is 32.1. The summed E-state index contributed by atoms with van der Waals surface area (Å²) in [5, 5.41) is 10.1. The summed E-state index contributed by atoms with van der Waals surface area (Å²) in [6.45, 7) is 6.97. The maximum atomic E-state index is 15.1. The van der Waals surface area contributed by atoms with Crippen molar-refractivity contribution in [2.24, 2.45) is 0 Å². The molecule has 0 radical (unpaired) electrons. The smallest absolute Gasteiger partial charge is 0.406 e. The number of alkyl halides is 4. The fraction of sp³-hybridized carbons (Fsp3) is 0.344. The lowest BCUT2D eigenvalue weighted by Crippen LogP contribution is -2.52. The van der Waals surface area contributed by atoms with Crippen LogP contribution in [0, 0.1) is 6.92 Å². The first-order chi connectivity index (χ1) is 21.5. The van der Waals surface area contributed by atoms with Crippen LogP contribution in [0.1, 0.15) is 49.0 Å². The van der Waals surface area contributed by atoms with Crippen molar-refractivity contribution < 1.29 is 27.1 Å². The van der Waals surface area contributed by atoms with Crippen LogP contribution in [0.4, 0.5) is 28.0 Å². The zero-order valence-electron chi connectivity index (χ0n) is 25.0. The first-order valence-corrected chi connectivity index (χ1v) is 15.6. The van der Waals surface area contributed by atoms with Gasteiger partial charge < -0.3 is 20.3 Å². The molecule has 2 unspecified atom stereocenters. The number of urea groups is 1. The Labute approximate surface area is 263 Å². The molecule has 1 aliphatic rings. The molecule has 0 saturated carbocycles. The number of carbonyl (C=O) groups is 1. The van der Waals surface area contributed by atoms with Gasteiger partial charge in [0.15, 0.2) is 11.3 Å². The van der Waals surface area contributed by atoms with Crippen LogP contribution in [0.15, 0.2) is 73.1 Å². The van der Waals surface area contributed by atoms with Gasteiger partial charge in [0.2, 0.25) is 0 Å². The second kappa shape index (κ2) is 13.8. The molecule has 1 aromatic heterocycles. The molecule has 2 heterocycles. The fourth-order valence-corrected chi connectivity index (χ4v) is 6.13. The third-order valence-electron chi connectivity index (χ3n) is 7.27. The molecule has 3 aromatic carbocycles. The molecule has 5 rings (SSSR count). The van der Waals surface area contributed by atoms with Gasteiger partial charge in [-0.15, -0.1) is 30.0 Å². The van der Waals surface area contributed by atoms with Crippen LogP contribution in [0.25, 0.3) is 17.1 Å². The third kappa shape index (κ3) is 8.27. The van der Waals surface area contributed by atoms with Gasteiger partial charge in [-0.05, 0) is 72.0 Å². The Morgan fingerprint density at radius 2 is 1.82 bits per heavy atom. The molecule has 13 heteroatoms. The number of nitrogens with one attached hydrogen (secondary N) is 2. The van der Waals surface area contributed by atoms with Crippen molar-refractivity contribution in [2.45, 2.75) is 51.1 Å². The number of benzene rings is 3. The minimum atomic E-state index is -4.77. The number of ether oxygens (including phenoxy) is 1. The summed E-state index contributed by atoms with van der Waals surface area (Å²) in [6.07, 6.45) is -3.78. The summed E-state index contributed by atoms with van der Waals surface area (Å²) in [5.41, 5.74) is 4.71. The number of aromatic nitrogens is 3. The standard InChI is InChI=1S/C32H34F4N6O2S/c1-20(2)26-14-5-21(3)17-28(26)41-15-4-16-45-31(41)39-30(43)37-18-27(33)22-6-8-23(9-7-22)29-38-19-42(40-29)24-10-12-25(13-11-24)44-32(34,35)36/h5-14,17,19-20,27,31H,4,15-16,18H2,1-3H3,(H2,37,39,43). The third-order valence-corrected chi connectivity index (χ3v) is 8.49. The Morgan fingerprint density at radius 3 is 2.51 bits per heavy atom.